The fourth-order valence-corrected chi connectivity index (χ4v) is 6.12. The van der Waals surface area contributed by atoms with Gasteiger partial charge in [-0.25, -0.2) is 9.78 Å². The number of nitrogens with zero attached hydrogens (tertiary/aromatic N) is 1. The van der Waals surface area contributed by atoms with Crippen molar-refractivity contribution in [2.24, 2.45) is 5.92 Å². The number of carbonyl (C=O) groups is 1. The second-order valence-electron chi connectivity index (χ2n) is 9.21. The molecule has 4 rings (SSSR count). The highest BCUT2D eigenvalue weighted by Gasteiger charge is 2.25. The number of aryl methyl sites for hydroxylation is 1. The van der Waals surface area contributed by atoms with Crippen LogP contribution in [0.15, 0.2) is 30.9 Å². The van der Waals surface area contributed by atoms with Crippen LogP contribution in [0.5, 0.6) is 5.75 Å². The summed E-state index contributed by atoms with van der Waals surface area (Å²) in [5.41, 5.74) is 4.87. The molecule has 0 aliphatic heterocycles. The molecule has 4 nitrogen and oxygen atoms in total. The minimum Gasteiger partial charge on any atom is -0.490 e. The molecular formula is C29H33NO3S. The molecule has 3 aromatic rings. The van der Waals surface area contributed by atoms with E-state index in [1.54, 1.807) is 17.4 Å². The third-order valence-corrected chi connectivity index (χ3v) is 8.10. The van der Waals surface area contributed by atoms with Crippen LogP contribution in [0, 0.1) is 12.8 Å². The summed E-state index contributed by atoms with van der Waals surface area (Å²) in [5.74, 6) is 0.290. The normalized spacial score (nSPS) is 18.5. The predicted octanol–water partition coefficient (Wildman–Crippen LogP) is 8.17. The number of aromatic nitrogens is 1. The zero-order chi connectivity index (χ0) is 24.4. The largest absolute Gasteiger partial charge is 0.490 e. The lowest BCUT2D eigenvalue weighted by Crippen LogP contribution is -2.24. The summed E-state index contributed by atoms with van der Waals surface area (Å²) in [6.45, 7) is 12.3. The van der Waals surface area contributed by atoms with E-state index in [4.69, 9.17) is 9.72 Å². The molecule has 1 N–H and O–H groups in total. The lowest BCUT2D eigenvalue weighted by atomic mass is 9.88. The summed E-state index contributed by atoms with van der Waals surface area (Å²) in [7, 11) is 0. The molecule has 0 saturated heterocycles. The van der Waals surface area contributed by atoms with Crippen molar-refractivity contribution in [3.8, 4) is 16.3 Å². The van der Waals surface area contributed by atoms with Crippen molar-refractivity contribution in [1.82, 2.24) is 4.98 Å². The maximum atomic E-state index is 12.5. The average molecular weight is 476 g/mol. The zero-order valence-corrected chi connectivity index (χ0v) is 21.3. The maximum Gasteiger partial charge on any atom is 0.336 e. The topological polar surface area (TPSA) is 59.4 Å². The van der Waals surface area contributed by atoms with Crippen LogP contribution < -0.4 is 4.74 Å². The lowest BCUT2D eigenvalue weighted by Gasteiger charge is -2.28. The van der Waals surface area contributed by atoms with E-state index in [-0.39, 0.29) is 11.7 Å². The molecule has 0 bridgehead atoms. The number of carboxylic acid groups (broad SMARTS) is 1. The summed E-state index contributed by atoms with van der Waals surface area (Å²) in [4.78, 5) is 19.6. The number of thiophene rings is 1. The lowest BCUT2D eigenvalue weighted by molar-refractivity contribution is 0.0698. The molecule has 5 heteroatoms. The Kier molecular flexibility index (Phi) is 7.22. The summed E-state index contributed by atoms with van der Waals surface area (Å²) in [6, 6.07) is 5.68. The Labute approximate surface area is 206 Å². The SMILES string of the molecule is C=Cc1sc(-c2cc(C(=O)O)c3c(OC4CCCC(C)C4)ccc(CC)c3n2)c(C)c1/C=C\C. The van der Waals surface area contributed by atoms with Crippen molar-refractivity contribution in [2.75, 3.05) is 0 Å². The second-order valence-corrected chi connectivity index (χ2v) is 10.3. The number of benzene rings is 1. The van der Waals surface area contributed by atoms with Gasteiger partial charge in [-0.05, 0) is 74.3 Å². The summed E-state index contributed by atoms with van der Waals surface area (Å²) in [6.07, 6.45) is 11.2. The van der Waals surface area contributed by atoms with Crippen LogP contribution in [0.4, 0.5) is 0 Å². The predicted molar refractivity (Wildman–Crippen MR) is 143 cm³/mol. The van der Waals surface area contributed by atoms with Crippen molar-refractivity contribution in [1.29, 1.82) is 0 Å². The van der Waals surface area contributed by atoms with Crippen molar-refractivity contribution in [2.45, 2.75) is 65.9 Å². The number of allylic oxidation sites excluding steroid dienone is 1. The molecule has 178 valence electrons. The number of pyridine rings is 1. The van der Waals surface area contributed by atoms with Crippen molar-refractivity contribution >= 4 is 40.4 Å². The molecule has 0 radical (unpaired) electrons. The van der Waals surface area contributed by atoms with Gasteiger partial charge >= 0.3 is 5.97 Å². The third-order valence-electron chi connectivity index (χ3n) is 6.77. The van der Waals surface area contributed by atoms with Gasteiger partial charge in [0.1, 0.15) is 5.75 Å². The Bertz CT molecular complexity index is 1270. The van der Waals surface area contributed by atoms with E-state index >= 15 is 0 Å². The molecule has 1 aromatic carbocycles. The molecule has 0 amide bonds. The molecule has 1 aliphatic carbocycles. The van der Waals surface area contributed by atoms with Crippen LogP contribution in [0.3, 0.4) is 0 Å². The van der Waals surface area contributed by atoms with Gasteiger partial charge in [0.25, 0.3) is 0 Å². The van der Waals surface area contributed by atoms with E-state index in [0.29, 0.717) is 22.7 Å². The van der Waals surface area contributed by atoms with Gasteiger partial charge in [-0.15, -0.1) is 11.3 Å². The van der Waals surface area contributed by atoms with Crippen LogP contribution in [-0.2, 0) is 6.42 Å². The molecule has 34 heavy (non-hydrogen) atoms. The van der Waals surface area contributed by atoms with Crippen molar-refractivity contribution in [3.63, 3.8) is 0 Å². The average Bonchev–Trinajstić information content (AvgIpc) is 3.14. The number of carboxylic acids is 1. The van der Waals surface area contributed by atoms with Gasteiger partial charge in [-0.3, -0.25) is 0 Å². The first kappa shape index (κ1) is 24.2. The summed E-state index contributed by atoms with van der Waals surface area (Å²) < 4.78 is 6.45. The molecule has 1 fully saturated rings. The molecular weight excluding hydrogens is 442 g/mol. The smallest absolute Gasteiger partial charge is 0.336 e. The zero-order valence-electron chi connectivity index (χ0n) is 20.5. The standard InChI is InChI=1S/C29H33NO3S/c1-6-10-21-18(5)28(34-25(21)8-3)23-16-22(29(31)32)26-24(14-13-19(7-2)27(26)30-23)33-20-12-9-11-17(4)15-20/h6,8,10,13-14,16-17,20H,3,7,9,11-12,15H2,1-2,4-5H3,(H,31,32)/b10-6-. The molecule has 1 saturated carbocycles. The van der Waals surface area contributed by atoms with Crippen LogP contribution in [0.1, 0.15) is 78.4 Å². The molecule has 2 heterocycles. The van der Waals surface area contributed by atoms with Gasteiger partial charge in [-0.2, -0.15) is 0 Å². The molecule has 2 atom stereocenters. The number of rotatable bonds is 7. The Morgan fingerprint density at radius 2 is 2.15 bits per heavy atom. The van der Waals surface area contributed by atoms with Crippen LogP contribution >= 0.6 is 11.3 Å². The Balaban J connectivity index is 1.93. The van der Waals surface area contributed by atoms with Crippen molar-refractivity contribution in [3.05, 3.63) is 58.0 Å². The van der Waals surface area contributed by atoms with Crippen LogP contribution in [0.2, 0.25) is 0 Å². The van der Waals surface area contributed by atoms with E-state index in [2.05, 4.69) is 33.4 Å². The van der Waals surface area contributed by atoms with Gasteiger partial charge in [-0.1, -0.05) is 51.1 Å². The van der Waals surface area contributed by atoms with E-state index in [1.165, 1.54) is 6.42 Å². The number of fused-ring (bicyclic) bond motifs is 1. The minimum absolute atomic E-state index is 0.110. The van der Waals surface area contributed by atoms with Gasteiger partial charge in [0.05, 0.1) is 33.1 Å². The molecule has 0 spiro atoms. The highest BCUT2D eigenvalue weighted by atomic mass is 32.1. The van der Waals surface area contributed by atoms with Crippen molar-refractivity contribution < 1.29 is 14.6 Å². The van der Waals surface area contributed by atoms with Crippen LogP contribution in [0.25, 0.3) is 33.6 Å². The fourth-order valence-electron chi connectivity index (χ4n) is 5.02. The second kappa shape index (κ2) is 10.1. The van der Waals surface area contributed by atoms with Crippen LogP contribution in [-0.4, -0.2) is 22.2 Å². The van der Waals surface area contributed by atoms with E-state index in [9.17, 15) is 9.90 Å². The monoisotopic (exact) mass is 475 g/mol. The Hall–Kier alpha value is -2.92. The highest BCUT2D eigenvalue weighted by molar-refractivity contribution is 7.16. The summed E-state index contributed by atoms with van der Waals surface area (Å²) in [5, 5.41) is 10.9. The van der Waals surface area contributed by atoms with Gasteiger partial charge in [0.15, 0.2) is 0 Å². The Morgan fingerprint density at radius 3 is 2.79 bits per heavy atom. The molecule has 1 aliphatic rings. The van der Waals surface area contributed by atoms with E-state index in [0.717, 1.165) is 57.6 Å². The molecule has 2 aromatic heterocycles. The Morgan fingerprint density at radius 1 is 1.35 bits per heavy atom. The minimum atomic E-state index is -0.962. The summed E-state index contributed by atoms with van der Waals surface area (Å²) >= 11 is 1.60. The number of aromatic carboxylic acids is 1. The van der Waals surface area contributed by atoms with Gasteiger partial charge < -0.3 is 9.84 Å². The molecule has 2 unspecified atom stereocenters. The third kappa shape index (κ3) is 4.54. The quantitative estimate of drug-likeness (QED) is 0.374. The maximum absolute atomic E-state index is 12.5. The van der Waals surface area contributed by atoms with E-state index < -0.39 is 5.97 Å². The fraction of sp³-hybridized carbons (Fsp3) is 0.379. The first-order chi connectivity index (χ1) is 16.4. The van der Waals surface area contributed by atoms with Gasteiger partial charge in [0.2, 0.25) is 0 Å². The highest BCUT2D eigenvalue weighted by Crippen LogP contribution is 2.41. The van der Waals surface area contributed by atoms with Gasteiger partial charge in [0, 0.05) is 4.88 Å². The number of ether oxygens (including phenoxy) is 1. The first-order valence-corrected chi connectivity index (χ1v) is 12.9. The number of hydrogen-bond donors (Lipinski definition) is 1. The van der Waals surface area contributed by atoms with E-state index in [1.807, 2.05) is 31.2 Å². The first-order valence-electron chi connectivity index (χ1n) is 12.1. The number of hydrogen-bond acceptors (Lipinski definition) is 4.